The van der Waals surface area contributed by atoms with E-state index in [0.717, 1.165) is 23.7 Å². The molecule has 0 bridgehead atoms. The number of hydrogen-bond donors (Lipinski definition) is 0. The number of nitrogens with zero attached hydrogens (tertiary/aromatic N) is 4. The normalized spacial score (nSPS) is 10.1. The van der Waals surface area contributed by atoms with Crippen LogP contribution in [0.3, 0.4) is 0 Å². The van der Waals surface area contributed by atoms with E-state index in [4.69, 9.17) is 17.1 Å². The van der Waals surface area contributed by atoms with Gasteiger partial charge in [0, 0.05) is 29.6 Å². The maximum absolute atomic E-state index is 8.13. The van der Waals surface area contributed by atoms with E-state index in [0.29, 0.717) is 6.54 Å². The fraction of sp³-hybridized carbons (Fsp3) is 0.400. The van der Waals surface area contributed by atoms with Gasteiger partial charge in [-0.1, -0.05) is 28.8 Å². The van der Waals surface area contributed by atoms with Crippen LogP contribution in [-0.4, -0.2) is 25.0 Å². The van der Waals surface area contributed by atoms with Gasteiger partial charge in [0.05, 0.1) is 0 Å². The summed E-state index contributed by atoms with van der Waals surface area (Å²) in [5.41, 5.74) is 9.29. The van der Waals surface area contributed by atoms with E-state index in [1.54, 1.807) is 0 Å². The number of likely N-dealkylation sites (N-methyl/N-ethyl adjacent to an activating group) is 1. The zero-order chi connectivity index (χ0) is 11.1. The number of hydrogen-bond acceptors (Lipinski definition) is 2. The van der Waals surface area contributed by atoms with E-state index >= 15 is 0 Å². The van der Waals surface area contributed by atoms with Crippen molar-refractivity contribution in [3.8, 4) is 0 Å². The highest BCUT2D eigenvalue weighted by Gasteiger charge is 1.99. The highest BCUT2D eigenvalue weighted by Crippen LogP contribution is 2.11. The van der Waals surface area contributed by atoms with Gasteiger partial charge in [0.25, 0.3) is 0 Å². The van der Waals surface area contributed by atoms with Gasteiger partial charge in [-0.05, 0) is 30.3 Å². The van der Waals surface area contributed by atoms with Gasteiger partial charge in [-0.25, -0.2) is 0 Å². The fourth-order valence-electron chi connectivity index (χ4n) is 1.29. The van der Waals surface area contributed by atoms with Crippen LogP contribution in [0.15, 0.2) is 29.4 Å². The zero-order valence-corrected chi connectivity index (χ0v) is 9.35. The standard InChI is InChI=1S/C10H13ClN4/c1-15(6-5-13-14-12)8-9-3-2-4-10(11)7-9/h2-4,7H,5-6,8H2,1H3. The monoisotopic (exact) mass is 224 g/mol. The molecule has 0 spiro atoms. The van der Waals surface area contributed by atoms with Gasteiger partial charge in [0.1, 0.15) is 0 Å². The molecule has 80 valence electrons. The Kier molecular flexibility index (Phi) is 4.98. The molecule has 4 nitrogen and oxygen atoms in total. The molecule has 0 N–H and O–H groups in total. The molecule has 0 saturated heterocycles. The van der Waals surface area contributed by atoms with E-state index in [9.17, 15) is 0 Å². The minimum atomic E-state index is 0.494. The first kappa shape index (κ1) is 11.9. The summed E-state index contributed by atoms with van der Waals surface area (Å²) in [6.07, 6.45) is 0. The van der Waals surface area contributed by atoms with Crippen LogP contribution < -0.4 is 0 Å². The predicted octanol–water partition coefficient (Wildman–Crippen LogP) is 3.08. The third-order valence-corrected chi connectivity index (χ3v) is 2.22. The van der Waals surface area contributed by atoms with Crippen LogP contribution in [0, 0.1) is 0 Å². The van der Waals surface area contributed by atoms with Gasteiger partial charge < -0.3 is 4.90 Å². The quantitative estimate of drug-likeness (QED) is 0.431. The molecule has 1 rings (SSSR count). The summed E-state index contributed by atoms with van der Waals surface area (Å²) in [4.78, 5) is 4.79. The maximum atomic E-state index is 8.13. The molecule has 5 heteroatoms. The summed E-state index contributed by atoms with van der Waals surface area (Å²) in [6, 6.07) is 7.74. The van der Waals surface area contributed by atoms with Crippen molar-refractivity contribution < 1.29 is 0 Å². The largest absolute Gasteiger partial charge is 0.302 e. The van der Waals surface area contributed by atoms with Crippen molar-refractivity contribution in [2.24, 2.45) is 5.11 Å². The predicted molar refractivity (Wildman–Crippen MR) is 61.8 cm³/mol. The molecule has 0 aliphatic rings. The summed E-state index contributed by atoms with van der Waals surface area (Å²) in [5, 5.41) is 4.23. The average Bonchev–Trinajstić information content (AvgIpc) is 2.18. The lowest BCUT2D eigenvalue weighted by molar-refractivity contribution is 0.336. The Morgan fingerprint density at radius 1 is 1.53 bits per heavy atom. The highest BCUT2D eigenvalue weighted by atomic mass is 35.5. The van der Waals surface area contributed by atoms with E-state index in [-0.39, 0.29) is 0 Å². The second-order valence-electron chi connectivity index (χ2n) is 3.32. The highest BCUT2D eigenvalue weighted by molar-refractivity contribution is 6.30. The molecule has 15 heavy (non-hydrogen) atoms. The third kappa shape index (κ3) is 4.70. The number of benzene rings is 1. The molecular weight excluding hydrogens is 212 g/mol. The Hall–Kier alpha value is -1.22. The van der Waals surface area contributed by atoms with Crippen molar-refractivity contribution in [1.29, 1.82) is 0 Å². The SMILES string of the molecule is CN(CCN=[N+]=[N-])Cc1cccc(Cl)c1. The van der Waals surface area contributed by atoms with Gasteiger partial charge in [-0.3, -0.25) is 0 Å². The molecule has 0 fully saturated rings. The van der Waals surface area contributed by atoms with Gasteiger partial charge in [-0.2, -0.15) is 0 Å². The van der Waals surface area contributed by atoms with Crippen LogP contribution in [0.2, 0.25) is 5.02 Å². The van der Waals surface area contributed by atoms with Crippen LogP contribution >= 0.6 is 11.6 Å². The molecule has 0 aliphatic carbocycles. The number of halogens is 1. The summed E-state index contributed by atoms with van der Waals surface area (Å²) >= 11 is 5.87. The number of rotatable bonds is 5. The molecule has 0 amide bonds. The molecule has 1 aromatic carbocycles. The van der Waals surface area contributed by atoms with Gasteiger partial charge in [0.15, 0.2) is 0 Å². The lowest BCUT2D eigenvalue weighted by atomic mass is 10.2. The smallest absolute Gasteiger partial charge is 0.0409 e. The summed E-state index contributed by atoms with van der Waals surface area (Å²) in [6.45, 7) is 2.05. The Bertz CT molecular complexity index is 360. The van der Waals surface area contributed by atoms with Gasteiger partial charge in [0.2, 0.25) is 0 Å². The lowest BCUT2D eigenvalue weighted by Crippen LogP contribution is -2.20. The summed E-state index contributed by atoms with van der Waals surface area (Å²) in [7, 11) is 1.98. The molecule has 1 aromatic rings. The van der Waals surface area contributed by atoms with Crippen LogP contribution in [0.5, 0.6) is 0 Å². The van der Waals surface area contributed by atoms with E-state index in [1.165, 1.54) is 0 Å². The summed E-state index contributed by atoms with van der Waals surface area (Å²) in [5.74, 6) is 0. The number of azide groups is 1. The van der Waals surface area contributed by atoms with Crippen LogP contribution in [0.4, 0.5) is 0 Å². The van der Waals surface area contributed by atoms with Crippen molar-refractivity contribution in [2.75, 3.05) is 20.1 Å². The maximum Gasteiger partial charge on any atom is 0.0409 e. The van der Waals surface area contributed by atoms with E-state index in [2.05, 4.69) is 14.9 Å². The molecule has 0 aromatic heterocycles. The molecule has 0 unspecified atom stereocenters. The molecule has 0 saturated carbocycles. The molecule has 0 radical (unpaired) electrons. The van der Waals surface area contributed by atoms with Crippen molar-refractivity contribution in [3.05, 3.63) is 45.3 Å². The Morgan fingerprint density at radius 2 is 2.33 bits per heavy atom. The fourth-order valence-corrected chi connectivity index (χ4v) is 1.50. The zero-order valence-electron chi connectivity index (χ0n) is 8.60. The van der Waals surface area contributed by atoms with Gasteiger partial charge >= 0.3 is 0 Å². The Morgan fingerprint density at radius 3 is 3.00 bits per heavy atom. The van der Waals surface area contributed by atoms with Crippen molar-refractivity contribution in [2.45, 2.75) is 6.54 Å². The Labute approximate surface area is 94.1 Å². The second kappa shape index (κ2) is 6.30. The first-order chi connectivity index (χ1) is 7.22. The van der Waals surface area contributed by atoms with Gasteiger partial charge in [-0.15, -0.1) is 0 Å². The topological polar surface area (TPSA) is 52.0 Å². The van der Waals surface area contributed by atoms with Crippen molar-refractivity contribution >= 4 is 11.6 Å². The first-order valence-corrected chi connectivity index (χ1v) is 5.04. The van der Waals surface area contributed by atoms with Crippen molar-refractivity contribution in [3.63, 3.8) is 0 Å². The van der Waals surface area contributed by atoms with Crippen molar-refractivity contribution in [1.82, 2.24) is 4.90 Å². The van der Waals surface area contributed by atoms with E-state index in [1.807, 2.05) is 31.3 Å². The first-order valence-electron chi connectivity index (χ1n) is 4.66. The molecule has 0 aliphatic heterocycles. The molecular formula is C10H13ClN4. The lowest BCUT2D eigenvalue weighted by Gasteiger charge is -2.15. The average molecular weight is 225 g/mol. The Balaban J connectivity index is 2.43. The van der Waals surface area contributed by atoms with Crippen LogP contribution in [0.1, 0.15) is 5.56 Å². The van der Waals surface area contributed by atoms with E-state index < -0.39 is 0 Å². The summed E-state index contributed by atoms with van der Waals surface area (Å²) < 4.78 is 0. The second-order valence-corrected chi connectivity index (χ2v) is 3.76. The molecule has 0 atom stereocenters. The molecule has 0 heterocycles. The third-order valence-electron chi connectivity index (χ3n) is 1.99. The minimum absolute atomic E-state index is 0.494. The van der Waals surface area contributed by atoms with Crippen LogP contribution in [0.25, 0.3) is 10.4 Å². The minimum Gasteiger partial charge on any atom is -0.302 e. The van der Waals surface area contributed by atoms with Crippen LogP contribution in [-0.2, 0) is 6.54 Å².